The van der Waals surface area contributed by atoms with Gasteiger partial charge in [0.05, 0.1) is 0 Å². The van der Waals surface area contributed by atoms with Crippen molar-refractivity contribution >= 4 is 41.7 Å². The summed E-state index contributed by atoms with van der Waals surface area (Å²) in [7, 11) is 0. The van der Waals surface area contributed by atoms with E-state index in [2.05, 4.69) is 5.32 Å². The maximum absolute atomic E-state index is 12.2. The normalized spacial score (nSPS) is 31.5. The van der Waals surface area contributed by atoms with Crippen LogP contribution in [0.3, 0.4) is 0 Å². The Morgan fingerprint density at radius 3 is 1.41 bits per heavy atom. The highest BCUT2D eigenvalue weighted by Crippen LogP contribution is 2.34. The van der Waals surface area contributed by atoms with Crippen LogP contribution in [0.1, 0.15) is 48.5 Å². The topological polar surface area (TPSA) is 235 Å². The Bertz CT molecular complexity index is 1090. The zero-order valence-electron chi connectivity index (χ0n) is 25.2. The van der Waals surface area contributed by atoms with Crippen LogP contribution in [0, 0.1) is 0 Å². The van der Waals surface area contributed by atoms with Crippen LogP contribution in [0.25, 0.3) is 0 Å². The molecule has 2 aliphatic heterocycles. The van der Waals surface area contributed by atoms with Gasteiger partial charge in [0.15, 0.2) is 37.0 Å². The van der Waals surface area contributed by atoms with Gasteiger partial charge in [-0.1, -0.05) is 0 Å². The number of rotatable bonds is 11. The van der Waals surface area contributed by atoms with Crippen molar-refractivity contribution < 1.29 is 81.3 Å². The summed E-state index contributed by atoms with van der Waals surface area (Å²) >= 11 is 0. The SMILES string of the molecule is CC(=O)N[C@@H]1[C@@H](O[C@@H]2O[C@H](COC(C)=O)[C@H](OC(C)=O)[C@H](OC(C)=O)[C@H]2OC(C)=O)[C@@H](OC(C)=O)[C@@H](COC(C)=O)O[C@@H]1O. The van der Waals surface area contributed by atoms with Crippen LogP contribution in [0.15, 0.2) is 0 Å². The molecule has 18 heteroatoms. The fourth-order valence-corrected chi connectivity index (χ4v) is 4.59. The summed E-state index contributed by atoms with van der Waals surface area (Å²) in [6, 6.07) is -1.47. The van der Waals surface area contributed by atoms with Crippen LogP contribution in [-0.4, -0.2) is 121 Å². The minimum Gasteiger partial charge on any atom is -0.463 e. The third kappa shape index (κ3) is 10.7. The van der Waals surface area contributed by atoms with Crippen LogP contribution >= 0.6 is 0 Å². The third-order valence-corrected chi connectivity index (χ3v) is 6.03. The van der Waals surface area contributed by atoms with E-state index < -0.39 is 116 Å². The van der Waals surface area contributed by atoms with Crippen LogP contribution in [0.5, 0.6) is 0 Å². The Morgan fingerprint density at radius 2 is 0.977 bits per heavy atom. The van der Waals surface area contributed by atoms with Gasteiger partial charge in [0.2, 0.25) is 5.91 Å². The zero-order valence-corrected chi connectivity index (χ0v) is 25.2. The van der Waals surface area contributed by atoms with Gasteiger partial charge in [-0.3, -0.25) is 33.6 Å². The summed E-state index contributed by atoms with van der Waals surface area (Å²) in [6.07, 6.45) is -14.2. The first-order chi connectivity index (χ1) is 20.5. The average molecular weight is 636 g/mol. The number of aliphatic hydroxyl groups excluding tert-OH is 1. The van der Waals surface area contributed by atoms with E-state index in [1.54, 1.807) is 0 Å². The van der Waals surface area contributed by atoms with Crippen LogP contribution in [0.2, 0.25) is 0 Å². The first-order valence-corrected chi connectivity index (χ1v) is 13.4. The molecular formula is C26H37NO17. The molecule has 18 nitrogen and oxygen atoms in total. The summed E-state index contributed by atoms with van der Waals surface area (Å²) < 4.78 is 49.1. The van der Waals surface area contributed by atoms with Gasteiger partial charge in [0.1, 0.15) is 37.6 Å². The fourth-order valence-electron chi connectivity index (χ4n) is 4.59. The lowest BCUT2D eigenvalue weighted by molar-refractivity contribution is -0.344. The van der Waals surface area contributed by atoms with Gasteiger partial charge in [-0.2, -0.15) is 0 Å². The molecule has 1 amide bonds. The number of aliphatic hydroxyl groups is 1. The van der Waals surface area contributed by atoms with Gasteiger partial charge in [-0.25, -0.2) is 0 Å². The molecule has 2 aliphatic rings. The summed E-state index contributed by atoms with van der Waals surface area (Å²) in [4.78, 5) is 83.7. The third-order valence-electron chi connectivity index (χ3n) is 6.03. The Hall–Kier alpha value is -3.87. The van der Waals surface area contributed by atoms with E-state index in [1.807, 2.05) is 0 Å². The van der Waals surface area contributed by atoms with Gasteiger partial charge in [0.25, 0.3) is 0 Å². The minimum absolute atomic E-state index is 0.532. The van der Waals surface area contributed by atoms with E-state index in [-0.39, 0.29) is 0 Å². The van der Waals surface area contributed by atoms with Gasteiger partial charge in [-0.15, -0.1) is 0 Å². The number of nitrogens with one attached hydrogen (secondary N) is 1. The summed E-state index contributed by atoms with van der Waals surface area (Å²) in [6.45, 7) is 6.36. The Balaban J connectivity index is 2.66. The molecule has 44 heavy (non-hydrogen) atoms. The van der Waals surface area contributed by atoms with Crippen molar-refractivity contribution in [3.05, 3.63) is 0 Å². The first kappa shape index (κ1) is 36.3. The molecule has 2 heterocycles. The van der Waals surface area contributed by atoms with Gasteiger partial charge in [-0.05, 0) is 0 Å². The molecule has 2 N–H and O–H groups in total. The van der Waals surface area contributed by atoms with E-state index in [0.717, 1.165) is 48.5 Å². The lowest BCUT2D eigenvalue weighted by Crippen LogP contribution is -2.69. The molecule has 0 bridgehead atoms. The molecule has 0 aliphatic carbocycles. The molecular weight excluding hydrogens is 598 g/mol. The van der Waals surface area contributed by atoms with Gasteiger partial charge in [0, 0.05) is 48.5 Å². The van der Waals surface area contributed by atoms with Gasteiger partial charge >= 0.3 is 35.8 Å². The van der Waals surface area contributed by atoms with Crippen molar-refractivity contribution in [1.82, 2.24) is 5.32 Å². The standard InChI is InChI=1S/C26H37NO17/c1-10(28)27-19-22(20(38-13(4)31)17(42-25(19)35)8-36-11(2)29)44-26-24(41-16(7)34)23(40-15(6)33)21(39-14(5)32)18(43-26)9-37-12(3)30/h17-26,35H,8-9H2,1-7H3,(H,27,28)/t17-,18-,19-,20+,21+,22-,23+,24-,25+,26+/m1/s1. The van der Waals surface area contributed by atoms with Crippen molar-refractivity contribution in [1.29, 1.82) is 0 Å². The van der Waals surface area contributed by atoms with Crippen LogP contribution in [0.4, 0.5) is 0 Å². The smallest absolute Gasteiger partial charge is 0.303 e. The van der Waals surface area contributed by atoms with Crippen molar-refractivity contribution in [3.63, 3.8) is 0 Å². The molecule has 248 valence electrons. The molecule has 2 fully saturated rings. The summed E-state index contributed by atoms with van der Waals surface area (Å²) in [5.74, 6) is -5.68. The molecule has 0 radical (unpaired) electrons. The molecule has 2 saturated heterocycles. The van der Waals surface area contributed by atoms with Crippen molar-refractivity contribution in [2.45, 2.75) is 110 Å². The predicted octanol–water partition coefficient (Wildman–Crippen LogP) is -1.83. The minimum atomic E-state index is -1.83. The highest BCUT2D eigenvalue weighted by molar-refractivity contribution is 5.73. The van der Waals surface area contributed by atoms with E-state index >= 15 is 0 Å². The molecule has 0 aromatic heterocycles. The van der Waals surface area contributed by atoms with E-state index in [4.69, 9.17) is 42.6 Å². The number of ether oxygens (including phenoxy) is 9. The lowest BCUT2D eigenvalue weighted by Gasteiger charge is -2.48. The van der Waals surface area contributed by atoms with Crippen LogP contribution < -0.4 is 5.32 Å². The van der Waals surface area contributed by atoms with Crippen molar-refractivity contribution in [2.24, 2.45) is 0 Å². The van der Waals surface area contributed by atoms with E-state index in [1.165, 1.54) is 0 Å². The molecule has 0 spiro atoms. The number of carbonyl (C=O) groups is 7. The number of hydrogen-bond acceptors (Lipinski definition) is 17. The molecule has 0 saturated carbocycles. The second-order valence-corrected chi connectivity index (χ2v) is 9.84. The summed E-state index contributed by atoms with van der Waals surface area (Å²) in [5, 5.41) is 13.2. The molecule has 0 aromatic rings. The highest BCUT2D eigenvalue weighted by atomic mass is 16.8. The molecule has 0 unspecified atom stereocenters. The zero-order chi connectivity index (χ0) is 33.3. The second-order valence-electron chi connectivity index (χ2n) is 9.84. The van der Waals surface area contributed by atoms with Crippen LogP contribution in [-0.2, 0) is 76.2 Å². The Morgan fingerprint density at radius 1 is 0.568 bits per heavy atom. The second kappa shape index (κ2) is 16.3. The lowest BCUT2D eigenvalue weighted by atomic mass is 9.94. The number of hydrogen-bond donors (Lipinski definition) is 2. The van der Waals surface area contributed by atoms with Gasteiger partial charge < -0.3 is 53.1 Å². The molecule has 10 atom stereocenters. The quantitative estimate of drug-likeness (QED) is 0.188. The largest absolute Gasteiger partial charge is 0.463 e. The number of carbonyl (C=O) groups excluding carboxylic acids is 7. The maximum Gasteiger partial charge on any atom is 0.303 e. The van der Waals surface area contributed by atoms with Crippen molar-refractivity contribution in [3.8, 4) is 0 Å². The fraction of sp³-hybridized carbons (Fsp3) is 0.731. The van der Waals surface area contributed by atoms with Crippen molar-refractivity contribution in [2.75, 3.05) is 13.2 Å². The van der Waals surface area contributed by atoms with E-state index in [9.17, 15) is 38.7 Å². The maximum atomic E-state index is 12.2. The summed E-state index contributed by atoms with van der Waals surface area (Å²) in [5.41, 5.74) is 0. The number of amides is 1. The molecule has 0 aromatic carbocycles. The molecule has 2 rings (SSSR count). The number of esters is 6. The Kier molecular flexibility index (Phi) is 13.4. The monoisotopic (exact) mass is 635 g/mol. The average Bonchev–Trinajstić information content (AvgIpc) is 2.87. The highest BCUT2D eigenvalue weighted by Gasteiger charge is 2.56. The van der Waals surface area contributed by atoms with E-state index in [0.29, 0.717) is 0 Å². The predicted molar refractivity (Wildman–Crippen MR) is 138 cm³/mol. The first-order valence-electron chi connectivity index (χ1n) is 13.4. The Labute approximate surface area is 251 Å².